The second-order valence-corrected chi connectivity index (χ2v) is 5.30. The molecule has 22 heavy (non-hydrogen) atoms. The molecule has 1 fully saturated rings. The van der Waals surface area contributed by atoms with Crippen molar-refractivity contribution in [2.24, 2.45) is 0 Å². The lowest BCUT2D eigenvalue weighted by atomic mass is 10.3. The van der Waals surface area contributed by atoms with Gasteiger partial charge in [0.2, 0.25) is 0 Å². The van der Waals surface area contributed by atoms with Gasteiger partial charge in [-0.2, -0.15) is 0 Å². The number of anilines is 1. The monoisotopic (exact) mass is 308 g/mol. The fourth-order valence-electron chi connectivity index (χ4n) is 2.43. The second kappa shape index (κ2) is 8.35. The van der Waals surface area contributed by atoms with E-state index in [2.05, 4.69) is 16.0 Å². The highest BCUT2D eigenvalue weighted by Gasteiger charge is 2.17. The molecule has 5 N–H and O–H groups in total. The molecule has 0 bridgehead atoms. The summed E-state index contributed by atoms with van der Waals surface area (Å²) in [5.74, 6) is -0.546. The van der Waals surface area contributed by atoms with Crippen molar-refractivity contribution in [1.82, 2.24) is 5.32 Å². The minimum absolute atomic E-state index is 0.518. The highest BCUT2D eigenvalue weighted by Crippen LogP contribution is 2.14. The van der Waals surface area contributed by atoms with E-state index in [-0.39, 0.29) is 0 Å². The fraction of sp³-hybridized carbons (Fsp3) is 0.467. The maximum atomic E-state index is 11.8. The topological polar surface area (TPSA) is 88.5 Å². The van der Waals surface area contributed by atoms with Crippen LogP contribution in [0, 0.1) is 0 Å². The van der Waals surface area contributed by atoms with Gasteiger partial charge in [-0.25, -0.2) is 0 Å². The van der Waals surface area contributed by atoms with Crippen molar-refractivity contribution < 1.29 is 24.5 Å². The van der Waals surface area contributed by atoms with E-state index in [0.29, 0.717) is 18.0 Å². The Hall–Kier alpha value is -2.12. The molecule has 1 aromatic carbocycles. The Morgan fingerprint density at radius 3 is 2.50 bits per heavy atom. The highest BCUT2D eigenvalue weighted by atomic mass is 16.5. The van der Waals surface area contributed by atoms with E-state index in [4.69, 9.17) is 4.74 Å². The normalized spacial score (nSPS) is 15.1. The Bertz CT molecular complexity index is 498. The number of nitrogens with two attached hydrogens (primary N) is 1. The Morgan fingerprint density at radius 2 is 1.86 bits per heavy atom. The van der Waals surface area contributed by atoms with Gasteiger partial charge < -0.3 is 25.6 Å². The van der Waals surface area contributed by atoms with Crippen LogP contribution in [0.4, 0.5) is 5.69 Å². The molecule has 2 amide bonds. The second-order valence-electron chi connectivity index (χ2n) is 5.30. The summed E-state index contributed by atoms with van der Waals surface area (Å²) in [6.07, 6.45) is 0. The summed E-state index contributed by atoms with van der Waals surface area (Å²) in [5, 5.41) is 7.52. The number of ether oxygens (including phenoxy) is 1. The SMILES string of the molecule is COc1ccc(NC(=O)C(=O)NCC[NH+]2CC[NH2+]CC2)cc1. The van der Waals surface area contributed by atoms with Gasteiger partial charge in [-0.3, -0.25) is 9.59 Å². The number of rotatable bonds is 5. The first-order chi connectivity index (χ1) is 10.7. The van der Waals surface area contributed by atoms with Gasteiger partial charge in [-0.15, -0.1) is 0 Å². The summed E-state index contributed by atoms with van der Waals surface area (Å²) in [6.45, 7) is 5.84. The smallest absolute Gasteiger partial charge is 0.313 e. The molecule has 0 spiro atoms. The van der Waals surface area contributed by atoms with Gasteiger partial charge in [-0.05, 0) is 24.3 Å². The molecule has 0 aliphatic carbocycles. The van der Waals surface area contributed by atoms with Gasteiger partial charge in [0.1, 0.15) is 31.9 Å². The third-order valence-electron chi connectivity index (χ3n) is 3.72. The van der Waals surface area contributed by atoms with E-state index in [0.717, 1.165) is 32.7 Å². The molecule has 1 saturated heterocycles. The number of carbonyl (C=O) groups excluding carboxylic acids is 2. The van der Waals surface area contributed by atoms with Gasteiger partial charge in [0.25, 0.3) is 0 Å². The van der Waals surface area contributed by atoms with Crippen molar-refractivity contribution in [1.29, 1.82) is 0 Å². The zero-order valence-corrected chi connectivity index (χ0v) is 12.9. The van der Waals surface area contributed by atoms with Gasteiger partial charge in [0, 0.05) is 5.69 Å². The van der Waals surface area contributed by atoms with E-state index in [1.165, 1.54) is 4.90 Å². The third-order valence-corrected chi connectivity index (χ3v) is 3.72. The number of amides is 2. The highest BCUT2D eigenvalue weighted by molar-refractivity contribution is 6.39. The molecule has 2 rings (SSSR count). The van der Waals surface area contributed by atoms with Crippen LogP contribution in [0.25, 0.3) is 0 Å². The number of nitrogens with one attached hydrogen (secondary N) is 3. The van der Waals surface area contributed by atoms with Crippen molar-refractivity contribution in [3.8, 4) is 5.75 Å². The zero-order valence-electron chi connectivity index (χ0n) is 12.9. The lowest BCUT2D eigenvalue weighted by Crippen LogP contribution is -3.21. The summed E-state index contributed by atoms with van der Waals surface area (Å²) >= 11 is 0. The summed E-state index contributed by atoms with van der Waals surface area (Å²) < 4.78 is 5.04. The molecule has 1 heterocycles. The summed E-state index contributed by atoms with van der Waals surface area (Å²) in [7, 11) is 1.57. The van der Waals surface area contributed by atoms with Crippen molar-refractivity contribution in [2.75, 3.05) is 51.7 Å². The van der Waals surface area contributed by atoms with E-state index >= 15 is 0 Å². The van der Waals surface area contributed by atoms with Crippen LogP contribution in [-0.4, -0.2) is 58.2 Å². The van der Waals surface area contributed by atoms with Crippen molar-refractivity contribution in [3.63, 3.8) is 0 Å². The number of hydrogen-bond donors (Lipinski definition) is 4. The van der Waals surface area contributed by atoms with Crippen LogP contribution < -0.4 is 25.6 Å². The molecular weight excluding hydrogens is 284 g/mol. The number of quaternary nitrogens is 2. The standard InChI is InChI=1S/C15H22N4O3/c1-22-13-4-2-12(3-5-13)18-15(21)14(20)17-8-11-19-9-6-16-7-10-19/h2-5,16H,6-11H2,1H3,(H,17,20)(H,18,21)/p+2. The van der Waals surface area contributed by atoms with Crippen molar-refractivity contribution in [3.05, 3.63) is 24.3 Å². The van der Waals surface area contributed by atoms with Gasteiger partial charge in [-0.1, -0.05) is 0 Å². The largest absolute Gasteiger partial charge is 0.497 e. The first-order valence-electron chi connectivity index (χ1n) is 7.57. The van der Waals surface area contributed by atoms with Crippen molar-refractivity contribution in [2.45, 2.75) is 0 Å². The lowest BCUT2D eigenvalue weighted by Gasteiger charge is -2.22. The lowest BCUT2D eigenvalue weighted by molar-refractivity contribution is -0.945. The Morgan fingerprint density at radius 1 is 1.18 bits per heavy atom. The fourth-order valence-corrected chi connectivity index (χ4v) is 2.43. The molecule has 0 atom stereocenters. The molecule has 1 aliphatic rings. The molecule has 0 radical (unpaired) electrons. The molecule has 0 saturated carbocycles. The zero-order chi connectivity index (χ0) is 15.8. The molecule has 0 aromatic heterocycles. The summed E-state index contributed by atoms with van der Waals surface area (Å²) in [5.41, 5.74) is 0.568. The van der Waals surface area contributed by atoms with E-state index in [9.17, 15) is 9.59 Å². The summed E-state index contributed by atoms with van der Waals surface area (Å²) in [4.78, 5) is 25.0. The quantitative estimate of drug-likeness (QED) is 0.444. The predicted molar refractivity (Wildman–Crippen MR) is 81.9 cm³/mol. The van der Waals surface area contributed by atoms with Crippen LogP contribution in [0.3, 0.4) is 0 Å². The van der Waals surface area contributed by atoms with Crippen LogP contribution in [0.2, 0.25) is 0 Å². The molecule has 7 nitrogen and oxygen atoms in total. The van der Waals surface area contributed by atoms with Gasteiger partial charge in [0.05, 0.1) is 20.2 Å². The number of methoxy groups -OCH3 is 1. The molecule has 1 aromatic rings. The molecule has 1 aliphatic heterocycles. The van der Waals surface area contributed by atoms with Crippen LogP contribution in [0.5, 0.6) is 5.75 Å². The van der Waals surface area contributed by atoms with Crippen LogP contribution in [-0.2, 0) is 9.59 Å². The van der Waals surface area contributed by atoms with Crippen molar-refractivity contribution >= 4 is 17.5 Å². The molecular formula is C15H24N4O3+2. The van der Waals surface area contributed by atoms with Gasteiger partial charge >= 0.3 is 11.8 Å². The average Bonchev–Trinajstić information content (AvgIpc) is 2.56. The maximum absolute atomic E-state index is 11.8. The Kier molecular flexibility index (Phi) is 6.17. The molecule has 0 unspecified atom stereocenters. The minimum Gasteiger partial charge on any atom is -0.497 e. The van der Waals surface area contributed by atoms with E-state index in [1.807, 2.05) is 0 Å². The Balaban J connectivity index is 1.70. The first kappa shape index (κ1) is 16.3. The number of hydrogen-bond acceptors (Lipinski definition) is 3. The molecule has 120 valence electrons. The number of carbonyl (C=O) groups is 2. The molecule has 7 heteroatoms. The maximum Gasteiger partial charge on any atom is 0.313 e. The van der Waals surface area contributed by atoms with Crippen LogP contribution >= 0.6 is 0 Å². The number of piperazine rings is 1. The van der Waals surface area contributed by atoms with Crippen LogP contribution in [0.15, 0.2) is 24.3 Å². The van der Waals surface area contributed by atoms with E-state index < -0.39 is 11.8 Å². The first-order valence-corrected chi connectivity index (χ1v) is 7.57. The number of benzene rings is 1. The average molecular weight is 308 g/mol. The van der Waals surface area contributed by atoms with E-state index in [1.54, 1.807) is 31.4 Å². The third kappa shape index (κ3) is 5.01. The van der Waals surface area contributed by atoms with Gasteiger partial charge in [0.15, 0.2) is 0 Å². The predicted octanol–water partition coefficient (Wildman–Crippen LogP) is -2.79. The summed E-state index contributed by atoms with van der Waals surface area (Å²) in [6, 6.07) is 6.84. The minimum atomic E-state index is -0.646. The Labute approximate surface area is 130 Å². The van der Waals surface area contributed by atoms with Crippen LogP contribution in [0.1, 0.15) is 0 Å².